The number of carbonyl (C=O) groups is 1. The number of hydrazine groups is 1. The van der Waals surface area contributed by atoms with E-state index < -0.39 is 0 Å². The summed E-state index contributed by atoms with van der Waals surface area (Å²) in [5, 5.41) is 9.48. The molecule has 0 bridgehead atoms. The molecule has 0 aliphatic carbocycles. The van der Waals surface area contributed by atoms with Crippen molar-refractivity contribution in [3.63, 3.8) is 0 Å². The number of hydrogen-bond donors (Lipinski definition) is 3. The number of aromatic nitrogens is 2. The van der Waals surface area contributed by atoms with E-state index in [1.54, 1.807) is 17.7 Å². The van der Waals surface area contributed by atoms with Crippen molar-refractivity contribution in [1.29, 1.82) is 5.41 Å². The second-order valence-corrected chi connectivity index (χ2v) is 7.79. The summed E-state index contributed by atoms with van der Waals surface area (Å²) in [5.74, 6) is 6.72. The number of amides is 1. The molecule has 10 heteroatoms. The molecular weight excluding hydrogens is 376 g/mol. The number of nitrogens with one attached hydrogen (secondary N) is 1. The Labute approximate surface area is 169 Å². The molecule has 1 aliphatic rings. The maximum Gasteiger partial charge on any atom is 0.222 e. The third-order valence-electron chi connectivity index (χ3n) is 4.86. The van der Waals surface area contributed by atoms with Crippen LogP contribution in [0.25, 0.3) is 10.2 Å². The molecule has 2 aromatic heterocycles. The smallest absolute Gasteiger partial charge is 0.222 e. The lowest BCUT2D eigenvalue weighted by molar-refractivity contribution is -0.131. The zero-order chi connectivity index (χ0) is 19.2. The Hall–Kier alpha value is -2.30. The third kappa shape index (κ3) is 5.15. The lowest BCUT2D eigenvalue weighted by atomic mass is 10.2. The van der Waals surface area contributed by atoms with Gasteiger partial charge in [-0.3, -0.25) is 10.2 Å². The van der Waals surface area contributed by atoms with Gasteiger partial charge in [-0.15, -0.1) is 11.3 Å². The van der Waals surface area contributed by atoms with E-state index in [-0.39, 0.29) is 12.1 Å². The van der Waals surface area contributed by atoms with E-state index >= 15 is 0 Å². The minimum Gasteiger partial charge on any atom is -0.352 e. The van der Waals surface area contributed by atoms with Crippen LogP contribution < -0.4 is 16.9 Å². The number of hydrogen-bond acceptors (Lipinski definition) is 8. The van der Waals surface area contributed by atoms with Crippen LogP contribution in [-0.4, -0.2) is 64.8 Å². The van der Waals surface area contributed by atoms with E-state index in [1.807, 2.05) is 4.90 Å². The predicted molar refractivity (Wildman–Crippen MR) is 114 cm³/mol. The molecule has 0 spiro atoms. The monoisotopic (exact) mass is 406 g/mol. The first-order chi connectivity index (χ1) is 13.1. The molecule has 0 atom stereocenters. The van der Waals surface area contributed by atoms with Crippen LogP contribution in [-0.2, 0) is 11.2 Å². The van der Waals surface area contributed by atoms with Crippen LogP contribution in [0.15, 0.2) is 12.4 Å². The fraction of sp³-hybridized carbons (Fsp3) is 0.556. The predicted octanol–water partition coefficient (Wildman–Crippen LogP) is 2.02. The van der Waals surface area contributed by atoms with E-state index in [1.165, 1.54) is 9.89 Å². The van der Waals surface area contributed by atoms with Crippen molar-refractivity contribution in [2.45, 2.75) is 32.6 Å². The van der Waals surface area contributed by atoms with E-state index in [9.17, 15) is 4.79 Å². The van der Waals surface area contributed by atoms with Gasteiger partial charge in [0.25, 0.3) is 0 Å². The molecular formula is C18H30N8OS. The molecule has 1 fully saturated rings. The molecule has 1 saturated heterocycles. The summed E-state index contributed by atoms with van der Waals surface area (Å²) in [7, 11) is 0. The zero-order valence-electron chi connectivity index (χ0n) is 16.4. The van der Waals surface area contributed by atoms with Crippen molar-refractivity contribution in [1.82, 2.24) is 26.0 Å². The number of nitrogens with two attached hydrogens (primary N) is 1. The highest BCUT2D eigenvalue weighted by Crippen LogP contribution is 2.30. The van der Waals surface area contributed by atoms with Gasteiger partial charge in [-0.05, 0) is 25.3 Å². The number of piperazine rings is 1. The van der Waals surface area contributed by atoms with Gasteiger partial charge >= 0.3 is 0 Å². The van der Waals surface area contributed by atoms with Crippen LogP contribution in [0.4, 0.5) is 5.82 Å². The van der Waals surface area contributed by atoms with Gasteiger partial charge in [0.1, 0.15) is 17.0 Å². The molecule has 0 radical (unpaired) electrons. The number of anilines is 1. The van der Waals surface area contributed by atoms with Crippen molar-refractivity contribution in [3.05, 3.63) is 17.3 Å². The number of nitrogens with zero attached hydrogens (tertiary/aromatic N) is 5. The Bertz CT molecular complexity index is 787. The lowest BCUT2D eigenvalue weighted by Crippen LogP contribution is -2.49. The molecule has 3 heterocycles. The Morgan fingerprint density at radius 3 is 2.75 bits per heavy atom. The number of fused-ring (bicyclic) bond motifs is 1. The molecule has 0 unspecified atom stereocenters. The highest BCUT2D eigenvalue weighted by atomic mass is 32.1. The second-order valence-electron chi connectivity index (χ2n) is 6.67. The standard InChI is InChI=1S/C18H27N7OS.H3N/c1-2-14-11-15-17(21-13-22-18(15)27-14)24-9-7-23(8-10-24)16(26)5-3-4-6-25(20)12-19;/h11-13,19H,2-10,20H2,1H3;1H3. The fourth-order valence-electron chi connectivity index (χ4n) is 3.28. The van der Waals surface area contributed by atoms with Crippen LogP contribution in [0.1, 0.15) is 31.1 Å². The number of aryl methyl sites for hydroxylation is 1. The molecule has 6 N–H and O–H groups in total. The van der Waals surface area contributed by atoms with E-state index in [0.717, 1.165) is 67.8 Å². The Balaban J connectivity index is 0.00000280. The maximum absolute atomic E-state index is 12.4. The first kappa shape index (κ1) is 22.0. The van der Waals surface area contributed by atoms with Crippen LogP contribution in [0.2, 0.25) is 0 Å². The summed E-state index contributed by atoms with van der Waals surface area (Å²) in [6, 6.07) is 2.20. The zero-order valence-corrected chi connectivity index (χ0v) is 17.2. The minimum absolute atomic E-state index is 0. The van der Waals surface area contributed by atoms with Gasteiger partial charge in [0.2, 0.25) is 5.91 Å². The van der Waals surface area contributed by atoms with Crippen molar-refractivity contribution >= 4 is 39.6 Å². The first-order valence-electron chi connectivity index (χ1n) is 9.40. The average Bonchev–Trinajstić information content (AvgIpc) is 3.14. The normalized spacial score (nSPS) is 14.1. The van der Waals surface area contributed by atoms with Crippen molar-refractivity contribution in [2.75, 3.05) is 37.6 Å². The molecule has 3 rings (SSSR count). The number of carbonyl (C=O) groups excluding carboxylic acids is 1. The van der Waals surface area contributed by atoms with Crippen LogP contribution in [0, 0.1) is 5.41 Å². The van der Waals surface area contributed by atoms with Crippen LogP contribution in [0.5, 0.6) is 0 Å². The molecule has 2 aromatic rings. The largest absolute Gasteiger partial charge is 0.352 e. The molecule has 28 heavy (non-hydrogen) atoms. The van der Waals surface area contributed by atoms with Gasteiger partial charge in [-0.25, -0.2) is 15.8 Å². The topological polar surface area (TPSA) is 137 Å². The molecule has 1 amide bonds. The Morgan fingerprint density at radius 2 is 2.07 bits per heavy atom. The SMILES string of the molecule is CCc1cc2c(N3CCN(C(=O)CCCCN(N)C=N)CC3)ncnc2s1.N. The maximum atomic E-state index is 12.4. The van der Waals surface area contributed by atoms with E-state index in [0.29, 0.717) is 13.0 Å². The van der Waals surface area contributed by atoms with Gasteiger partial charge in [-0.1, -0.05) is 6.92 Å². The molecule has 1 aliphatic heterocycles. The number of thiophene rings is 1. The van der Waals surface area contributed by atoms with E-state index in [2.05, 4.69) is 27.9 Å². The quantitative estimate of drug-likeness (QED) is 0.200. The summed E-state index contributed by atoms with van der Waals surface area (Å²) in [6.07, 6.45) is 5.89. The van der Waals surface area contributed by atoms with Crippen molar-refractivity contribution in [2.24, 2.45) is 5.84 Å². The summed E-state index contributed by atoms with van der Waals surface area (Å²) < 4.78 is 0. The Kier molecular flexibility index (Phi) is 8.09. The number of unbranched alkanes of at least 4 members (excludes halogenated alkanes) is 1. The summed E-state index contributed by atoms with van der Waals surface area (Å²) >= 11 is 1.73. The van der Waals surface area contributed by atoms with Gasteiger partial charge in [0.15, 0.2) is 0 Å². The van der Waals surface area contributed by atoms with Gasteiger partial charge in [-0.2, -0.15) is 0 Å². The van der Waals surface area contributed by atoms with Gasteiger partial charge < -0.3 is 21.0 Å². The van der Waals surface area contributed by atoms with Crippen LogP contribution >= 0.6 is 11.3 Å². The summed E-state index contributed by atoms with van der Waals surface area (Å²) in [4.78, 5) is 27.9. The fourth-order valence-corrected chi connectivity index (χ4v) is 4.21. The summed E-state index contributed by atoms with van der Waals surface area (Å²) in [5.41, 5.74) is 0. The summed E-state index contributed by atoms with van der Waals surface area (Å²) in [6.45, 7) is 5.78. The average molecular weight is 407 g/mol. The van der Waals surface area contributed by atoms with Gasteiger partial charge in [0, 0.05) is 44.0 Å². The van der Waals surface area contributed by atoms with Crippen LogP contribution in [0.3, 0.4) is 0 Å². The Morgan fingerprint density at radius 1 is 1.32 bits per heavy atom. The second kappa shape index (κ2) is 10.3. The molecule has 0 saturated carbocycles. The highest BCUT2D eigenvalue weighted by Gasteiger charge is 2.23. The first-order valence-corrected chi connectivity index (χ1v) is 10.2. The van der Waals surface area contributed by atoms with E-state index in [4.69, 9.17) is 11.3 Å². The van der Waals surface area contributed by atoms with Crippen molar-refractivity contribution in [3.8, 4) is 0 Å². The van der Waals surface area contributed by atoms with Crippen molar-refractivity contribution < 1.29 is 4.79 Å². The number of rotatable bonds is 8. The minimum atomic E-state index is 0. The third-order valence-corrected chi connectivity index (χ3v) is 6.05. The molecule has 0 aromatic carbocycles. The molecule has 154 valence electrons. The molecule has 9 nitrogen and oxygen atoms in total. The lowest BCUT2D eigenvalue weighted by Gasteiger charge is -2.35. The highest BCUT2D eigenvalue weighted by molar-refractivity contribution is 7.18. The van der Waals surface area contributed by atoms with Gasteiger partial charge in [0.05, 0.1) is 11.7 Å².